The molecule has 0 saturated carbocycles. The summed E-state index contributed by atoms with van der Waals surface area (Å²) in [5.41, 5.74) is 9.41. The molecule has 3 aromatic rings. The van der Waals surface area contributed by atoms with Gasteiger partial charge in [-0.3, -0.25) is 4.57 Å². The quantitative estimate of drug-likeness (QED) is 0.729. The van der Waals surface area contributed by atoms with E-state index in [-0.39, 0.29) is 0 Å². The standard InChI is InChI=1S/C14H11Cl2N3/c1-8-5-6-11(10(16)7-8)19-12-4-2-3-9(15)13(12)18-14(19)17/h2-7H,1H3,(H2,17,18). The first-order valence-corrected chi connectivity index (χ1v) is 6.52. The second-order valence-corrected chi connectivity index (χ2v) is 5.18. The lowest BCUT2D eigenvalue weighted by molar-refractivity contribution is 1.11. The van der Waals surface area contributed by atoms with Gasteiger partial charge in [0.05, 0.1) is 21.2 Å². The van der Waals surface area contributed by atoms with E-state index in [2.05, 4.69) is 4.98 Å². The van der Waals surface area contributed by atoms with Crippen LogP contribution in [0.5, 0.6) is 0 Å². The Kier molecular flexibility index (Phi) is 2.88. The second-order valence-electron chi connectivity index (χ2n) is 4.37. The molecular weight excluding hydrogens is 281 g/mol. The predicted molar refractivity (Wildman–Crippen MR) is 80.2 cm³/mol. The monoisotopic (exact) mass is 291 g/mol. The molecule has 3 rings (SSSR count). The number of hydrogen-bond acceptors (Lipinski definition) is 2. The van der Waals surface area contributed by atoms with Crippen molar-refractivity contribution < 1.29 is 0 Å². The van der Waals surface area contributed by atoms with Crippen molar-refractivity contribution in [2.45, 2.75) is 6.92 Å². The normalized spacial score (nSPS) is 11.1. The Hall–Kier alpha value is -1.71. The summed E-state index contributed by atoms with van der Waals surface area (Å²) in [6.45, 7) is 1.99. The van der Waals surface area contributed by atoms with Crippen LogP contribution in [-0.4, -0.2) is 9.55 Å². The van der Waals surface area contributed by atoms with Crippen molar-refractivity contribution in [1.29, 1.82) is 0 Å². The van der Waals surface area contributed by atoms with Gasteiger partial charge in [0.25, 0.3) is 0 Å². The average Bonchev–Trinajstić information content (AvgIpc) is 2.68. The van der Waals surface area contributed by atoms with Gasteiger partial charge in [0, 0.05) is 0 Å². The number of nitrogen functional groups attached to an aromatic ring is 1. The summed E-state index contributed by atoms with van der Waals surface area (Å²) in [6, 6.07) is 11.4. The number of halogens is 2. The summed E-state index contributed by atoms with van der Waals surface area (Å²) < 4.78 is 1.81. The van der Waals surface area contributed by atoms with Crippen LogP contribution in [0.1, 0.15) is 5.56 Å². The molecule has 0 aliphatic heterocycles. The molecule has 0 aliphatic rings. The zero-order valence-electron chi connectivity index (χ0n) is 10.2. The molecule has 0 aliphatic carbocycles. The van der Waals surface area contributed by atoms with Crippen molar-refractivity contribution in [1.82, 2.24) is 9.55 Å². The molecule has 0 fully saturated rings. The number of para-hydroxylation sites is 1. The van der Waals surface area contributed by atoms with E-state index in [1.165, 1.54) is 0 Å². The summed E-state index contributed by atoms with van der Waals surface area (Å²) in [4.78, 5) is 4.30. The Bertz CT molecular complexity index is 778. The topological polar surface area (TPSA) is 43.8 Å². The first-order chi connectivity index (χ1) is 9.08. The van der Waals surface area contributed by atoms with Crippen LogP contribution in [0.15, 0.2) is 36.4 Å². The van der Waals surface area contributed by atoms with Crippen LogP contribution in [-0.2, 0) is 0 Å². The summed E-state index contributed by atoms with van der Waals surface area (Å²) >= 11 is 12.4. The van der Waals surface area contributed by atoms with Gasteiger partial charge < -0.3 is 5.73 Å². The number of nitrogens with two attached hydrogens (primary N) is 1. The Morgan fingerprint density at radius 3 is 2.63 bits per heavy atom. The number of benzene rings is 2. The maximum absolute atomic E-state index is 6.30. The minimum atomic E-state index is 0.369. The Labute approximate surface area is 120 Å². The zero-order chi connectivity index (χ0) is 13.6. The molecule has 0 atom stereocenters. The van der Waals surface area contributed by atoms with E-state index in [0.717, 1.165) is 16.8 Å². The number of anilines is 1. The van der Waals surface area contributed by atoms with Crippen molar-refractivity contribution >= 4 is 40.2 Å². The summed E-state index contributed by atoms with van der Waals surface area (Å²) in [6.07, 6.45) is 0. The molecule has 1 aromatic heterocycles. The maximum Gasteiger partial charge on any atom is 0.206 e. The Balaban J connectivity index is 2.36. The lowest BCUT2D eigenvalue weighted by atomic mass is 10.2. The van der Waals surface area contributed by atoms with Crippen molar-refractivity contribution in [3.8, 4) is 5.69 Å². The third kappa shape index (κ3) is 1.95. The number of rotatable bonds is 1. The van der Waals surface area contributed by atoms with Crippen LogP contribution < -0.4 is 5.73 Å². The molecule has 5 heteroatoms. The zero-order valence-corrected chi connectivity index (χ0v) is 11.7. The number of imidazole rings is 1. The van der Waals surface area contributed by atoms with Gasteiger partial charge in [0.2, 0.25) is 5.95 Å². The fourth-order valence-electron chi connectivity index (χ4n) is 2.13. The summed E-state index contributed by atoms with van der Waals surface area (Å²) in [5, 5.41) is 1.21. The molecular formula is C14H11Cl2N3. The minimum absolute atomic E-state index is 0.369. The molecule has 19 heavy (non-hydrogen) atoms. The van der Waals surface area contributed by atoms with Gasteiger partial charge in [-0.1, -0.05) is 35.3 Å². The van der Waals surface area contributed by atoms with Gasteiger partial charge in [0.15, 0.2) is 0 Å². The third-order valence-electron chi connectivity index (χ3n) is 3.01. The molecule has 96 valence electrons. The highest BCUT2D eigenvalue weighted by Gasteiger charge is 2.14. The molecule has 0 radical (unpaired) electrons. The Morgan fingerprint density at radius 2 is 1.89 bits per heavy atom. The first kappa shape index (κ1) is 12.3. The van der Waals surface area contributed by atoms with Crippen molar-refractivity contribution in [3.05, 3.63) is 52.0 Å². The maximum atomic E-state index is 6.30. The lowest BCUT2D eigenvalue weighted by Gasteiger charge is -2.09. The smallest absolute Gasteiger partial charge is 0.206 e. The molecule has 2 N–H and O–H groups in total. The Morgan fingerprint density at radius 1 is 1.11 bits per heavy atom. The van der Waals surface area contributed by atoms with Crippen molar-refractivity contribution in [3.63, 3.8) is 0 Å². The highest BCUT2D eigenvalue weighted by atomic mass is 35.5. The minimum Gasteiger partial charge on any atom is -0.369 e. The SMILES string of the molecule is Cc1ccc(-n2c(N)nc3c(Cl)cccc32)c(Cl)c1. The number of aryl methyl sites for hydroxylation is 1. The summed E-state index contributed by atoms with van der Waals surface area (Å²) in [5.74, 6) is 0.369. The van der Waals surface area contributed by atoms with Crippen LogP contribution in [0.25, 0.3) is 16.7 Å². The van der Waals surface area contributed by atoms with E-state index >= 15 is 0 Å². The van der Waals surface area contributed by atoms with Crippen LogP contribution in [0.2, 0.25) is 10.0 Å². The van der Waals surface area contributed by atoms with E-state index < -0.39 is 0 Å². The number of aromatic nitrogens is 2. The largest absolute Gasteiger partial charge is 0.369 e. The van der Waals surface area contributed by atoms with Gasteiger partial charge in [-0.25, -0.2) is 4.98 Å². The first-order valence-electron chi connectivity index (χ1n) is 5.77. The fourth-order valence-corrected chi connectivity index (χ4v) is 2.66. The van der Waals surface area contributed by atoms with Crippen LogP contribution in [0.3, 0.4) is 0 Å². The number of fused-ring (bicyclic) bond motifs is 1. The second kappa shape index (κ2) is 4.44. The molecule has 1 heterocycles. The molecule has 3 nitrogen and oxygen atoms in total. The molecule has 0 amide bonds. The molecule has 0 unspecified atom stereocenters. The van der Waals surface area contributed by atoms with E-state index in [4.69, 9.17) is 28.9 Å². The van der Waals surface area contributed by atoms with Crippen molar-refractivity contribution in [2.24, 2.45) is 0 Å². The van der Waals surface area contributed by atoms with Crippen LogP contribution in [0.4, 0.5) is 5.95 Å². The third-order valence-corrected chi connectivity index (χ3v) is 3.61. The van der Waals surface area contributed by atoms with Crippen LogP contribution >= 0.6 is 23.2 Å². The van der Waals surface area contributed by atoms with E-state index in [1.54, 1.807) is 6.07 Å². The number of nitrogens with zero attached hydrogens (tertiary/aromatic N) is 2. The molecule has 2 aromatic carbocycles. The lowest BCUT2D eigenvalue weighted by Crippen LogP contribution is -2.01. The van der Waals surface area contributed by atoms with Gasteiger partial charge in [-0.05, 0) is 36.8 Å². The molecule has 0 bridgehead atoms. The van der Waals surface area contributed by atoms with E-state index in [0.29, 0.717) is 21.5 Å². The predicted octanol–water partition coefficient (Wildman–Crippen LogP) is 4.22. The molecule has 0 spiro atoms. The van der Waals surface area contributed by atoms with E-state index in [1.807, 2.05) is 41.8 Å². The fraction of sp³-hybridized carbons (Fsp3) is 0.0714. The highest BCUT2D eigenvalue weighted by Crippen LogP contribution is 2.31. The van der Waals surface area contributed by atoms with Crippen LogP contribution in [0, 0.1) is 6.92 Å². The van der Waals surface area contributed by atoms with E-state index in [9.17, 15) is 0 Å². The summed E-state index contributed by atoms with van der Waals surface area (Å²) in [7, 11) is 0. The average molecular weight is 292 g/mol. The number of hydrogen-bond donors (Lipinski definition) is 1. The van der Waals surface area contributed by atoms with Gasteiger partial charge in [0.1, 0.15) is 5.52 Å². The van der Waals surface area contributed by atoms with Gasteiger partial charge in [-0.2, -0.15) is 0 Å². The van der Waals surface area contributed by atoms with Crippen molar-refractivity contribution in [2.75, 3.05) is 5.73 Å². The van der Waals surface area contributed by atoms with Gasteiger partial charge in [-0.15, -0.1) is 0 Å². The highest BCUT2D eigenvalue weighted by molar-refractivity contribution is 6.35. The molecule has 0 saturated heterocycles. The van der Waals surface area contributed by atoms with Gasteiger partial charge >= 0.3 is 0 Å².